The zero-order valence-corrected chi connectivity index (χ0v) is 23.9. The highest BCUT2D eigenvalue weighted by molar-refractivity contribution is 5.94. The van der Waals surface area contributed by atoms with E-state index in [1.54, 1.807) is 13.2 Å². The first-order chi connectivity index (χ1) is 19.2. The number of amides is 1. The molecule has 1 amide bonds. The maximum absolute atomic E-state index is 13.5. The van der Waals surface area contributed by atoms with E-state index in [1.807, 2.05) is 67.1 Å². The van der Waals surface area contributed by atoms with Gasteiger partial charge in [0.05, 0.1) is 30.8 Å². The molecular formula is C32H41N3O5. The Morgan fingerprint density at radius 1 is 1.10 bits per heavy atom. The standard InChI is InChI=1S/C32H41N3O5/c1-21(2)16-24(18-30(36)37)33-32(38)26-19-27(35(34-26)25-13-8-10-22(3)17-25)31-28(39-4)14-9-15-29(31)40-20-23-11-6-5-7-12-23/h5-7,9,11-12,14-15,19,21-22,24-25H,8,10,13,16-18,20H2,1-4H3,(H,33,38)(H,36,37)/t22?,24-,25?/m0/s1. The Hall–Kier alpha value is -3.81. The van der Waals surface area contributed by atoms with Gasteiger partial charge in [-0.1, -0.05) is 70.0 Å². The highest BCUT2D eigenvalue weighted by atomic mass is 16.5. The summed E-state index contributed by atoms with van der Waals surface area (Å²) in [6, 6.07) is 17.1. The van der Waals surface area contributed by atoms with Crippen LogP contribution in [0.25, 0.3) is 11.3 Å². The van der Waals surface area contributed by atoms with Crippen LogP contribution in [0, 0.1) is 11.8 Å². The molecule has 8 nitrogen and oxygen atoms in total. The number of carboxylic acids is 1. The maximum Gasteiger partial charge on any atom is 0.305 e. The average molecular weight is 548 g/mol. The number of carbonyl (C=O) groups excluding carboxylic acids is 1. The third-order valence-electron chi connectivity index (χ3n) is 7.44. The Kier molecular flexibility index (Phi) is 9.85. The third-order valence-corrected chi connectivity index (χ3v) is 7.44. The van der Waals surface area contributed by atoms with E-state index in [4.69, 9.17) is 14.6 Å². The Bertz CT molecular complexity index is 1290. The number of benzene rings is 2. The summed E-state index contributed by atoms with van der Waals surface area (Å²) >= 11 is 0. The van der Waals surface area contributed by atoms with Crippen LogP contribution in [0.3, 0.4) is 0 Å². The van der Waals surface area contributed by atoms with Crippen molar-refractivity contribution in [2.24, 2.45) is 11.8 Å². The molecule has 40 heavy (non-hydrogen) atoms. The number of hydrogen-bond donors (Lipinski definition) is 2. The average Bonchev–Trinajstić information content (AvgIpc) is 3.37. The first-order valence-corrected chi connectivity index (χ1v) is 14.2. The second-order valence-electron chi connectivity index (χ2n) is 11.3. The molecular weight excluding hydrogens is 506 g/mol. The van der Waals surface area contributed by atoms with E-state index >= 15 is 0 Å². The number of carbonyl (C=O) groups is 2. The van der Waals surface area contributed by atoms with E-state index in [0.717, 1.165) is 36.1 Å². The zero-order valence-electron chi connectivity index (χ0n) is 23.9. The number of aliphatic carboxylic acids is 1. The Balaban J connectivity index is 1.74. The minimum atomic E-state index is -0.942. The van der Waals surface area contributed by atoms with E-state index in [0.29, 0.717) is 30.4 Å². The van der Waals surface area contributed by atoms with Crippen LogP contribution in [0.1, 0.15) is 81.4 Å². The number of nitrogens with one attached hydrogen (secondary N) is 1. The normalized spacial score (nSPS) is 17.8. The fraction of sp³-hybridized carbons (Fsp3) is 0.469. The molecule has 2 aromatic carbocycles. The van der Waals surface area contributed by atoms with Gasteiger partial charge in [0.2, 0.25) is 0 Å². The topological polar surface area (TPSA) is 103 Å². The van der Waals surface area contributed by atoms with Gasteiger partial charge >= 0.3 is 5.97 Å². The van der Waals surface area contributed by atoms with Crippen LogP contribution in [0.5, 0.6) is 11.5 Å². The zero-order chi connectivity index (χ0) is 28.6. The SMILES string of the molecule is COc1cccc(OCc2ccccc2)c1-c1cc(C(=O)N[C@H](CC(=O)O)CC(C)C)nn1C1CCCC(C)C1. The molecule has 1 heterocycles. The third kappa shape index (κ3) is 7.43. The van der Waals surface area contributed by atoms with Crippen LogP contribution < -0.4 is 14.8 Å². The van der Waals surface area contributed by atoms with Crippen molar-refractivity contribution in [3.05, 3.63) is 65.9 Å². The van der Waals surface area contributed by atoms with Gasteiger partial charge in [-0.15, -0.1) is 0 Å². The lowest BCUT2D eigenvalue weighted by Crippen LogP contribution is -2.37. The van der Waals surface area contributed by atoms with Crippen LogP contribution in [0.2, 0.25) is 0 Å². The predicted molar refractivity (Wildman–Crippen MR) is 155 cm³/mol. The van der Waals surface area contributed by atoms with Crippen LogP contribution in [0.15, 0.2) is 54.6 Å². The molecule has 2 unspecified atom stereocenters. The fourth-order valence-corrected chi connectivity index (χ4v) is 5.62. The Morgan fingerprint density at radius 3 is 2.52 bits per heavy atom. The van der Waals surface area contributed by atoms with Crippen LogP contribution in [-0.2, 0) is 11.4 Å². The van der Waals surface area contributed by atoms with Crippen LogP contribution in [-0.4, -0.2) is 39.9 Å². The maximum atomic E-state index is 13.5. The molecule has 1 aromatic heterocycles. The van der Waals surface area contributed by atoms with Gasteiger partial charge in [-0.3, -0.25) is 14.3 Å². The molecule has 3 aromatic rings. The van der Waals surface area contributed by atoms with Gasteiger partial charge in [-0.25, -0.2) is 0 Å². The molecule has 214 valence electrons. The Morgan fingerprint density at radius 2 is 1.85 bits per heavy atom. The Labute approximate surface area is 236 Å². The van der Waals surface area contributed by atoms with Crippen molar-refractivity contribution in [1.29, 1.82) is 0 Å². The number of nitrogens with zero attached hydrogens (tertiary/aromatic N) is 2. The van der Waals surface area contributed by atoms with E-state index in [2.05, 4.69) is 12.2 Å². The van der Waals surface area contributed by atoms with E-state index in [-0.39, 0.29) is 30.0 Å². The number of aromatic nitrogens is 2. The molecule has 1 aliphatic carbocycles. The molecule has 0 bridgehead atoms. The van der Waals surface area contributed by atoms with Crippen LogP contribution >= 0.6 is 0 Å². The van der Waals surface area contributed by atoms with E-state index < -0.39 is 12.0 Å². The fourth-order valence-electron chi connectivity index (χ4n) is 5.62. The van der Waals surface area contributed by atoms with Crippen molar-refractivity contribution >= 4 is 11.9 Å². The smallest absolute Gasteiger partial charge is 0.305 e. The molecule has 4 rings (SSSR count). The van der Waals surface area contributed by atoms with E-state index in [9.17, 15) is 14.7 Å². The largest absolute Gasteiger partial charge is 0.496 e. The molecule has 1 aliphatic rings. The van der Waals surface area contributed by atoms with Crippen molar-refractivity contribution in [3.63, 3.8) is 0 Å². The molecule has 0 spiro atoms. The molecule has 1 saturated carbocycles. The minimum Gasteiger partial charge on any atom is -0.496 e. The first-order valence-electron chi connectivity index (χ1n) is 14.2. The summed E-state index contributed by atoms with van der Waals surface area (Å²) < 4.78 is 14.1. The molecule has 2 N–H and O–H groups in total. The summed E-state index contributed by atoms with van der Waals surface area (Å²) in [5, 5.41) is 17.2. The van der Waals surface area contributed by atoms with Gasteiger partial charge in [-0.05, 0) is 54.9 Å². The molecule has 0 radical (unpaired) electrons. The molecule has 3 atom stereocenters. The summed E-state index contributed by atoms with van der Waals surface area (Å²) in [4.78, 5) is 24.9. The van der Waals surface area contributed by atoms with Gasteiger partial charge < -0.3 is 19.9 Å². The van der Waals surface area contributed by atoms with Crippen molar-refractivity contribution in [1.82, 2.24) is 15.1 Å². The molecule has 0 saturated heterocycles. The number of rotatable bonds is 12. The van der Waals surface area contributed by atoms with Gasteiger partial charge in [0.25, 0.3) is 5.91 Å². The second kappa shape index (κ2) is 13.5. The highest BCUT2D eigenvalue weighted by Crippen LogP contribution is 2.42. The van der Waals surface area contributed by atoms with Gasteiger partial charge in [0.1, 0.15) is 18.1 Å². The highest BCUT2D eigenvalue weighted by Gasteiger charge is 2.29. The molecule has 0 aliphatic heterocycles. The summed E-state index contributed by atoms with van der Waals surface area (Å²) in [5.74, 6) is 0.736. The first kappa shape index (κ1) is 29.2. The number of ether oxygens (including phenoxy) is 2. The predicted octanol–water partition coefficient (Wildman–Crippen LogP) is 6.51. The monoisotopic (exact) mass is 547 g/mol. The summed E-state index contributed by atoms with van der Waals surface area (Å²) in [6.45, 7) is 6.66. The summed E-state index contributed by atoms with van der Waals surface area (Å²) in [6.07, 6.45) is 4.61. The van der Waals surface area contributed by atoms with Crippen LogP contribution in [0.4, 0.5) is 0 Å². The minimum absolute atomic E-state index is 0.123. The second-order valence-corrected chi connectivity index (χ2v) is 11.3. The van der Waals surface area contributed by atoms with Gasteiger partial charge in [-0.2, -0.15) is 5.10 Å². The summed E-state index contributed by atoms with van der Waals surface area (Å²) in [7, 11) is 1.62. The lowest BCUT2D eigenvalue weighted by Gasteiger charge is -2.28. The summed E-state index contributed by atoms with van der Waals surface area (Å²) in [5.41, 5.74) is 2.80. The van der Waals surface area contributed by atoms with Crippen molar-refractivity contribution in [2.75, 3.05) is 7.11 Å². The van der Waals surface area contributed by atoms with Gasteiger partial charge in [0, 0.05) is 6.04 Å². The quantitative estimate of drug-likeness (QED) is 0.268. The lowest BCUT2D eigenvalue weighted by molar-refractivity contribution is -0.137. The molecule has 1 fully saturated rings. The van der Waals surface area contributed by atoms with Crippen molar-refractivity contribution < 1.29 is 24.2 Å². The van der Waals surface area contributed by atoms with E-state index in [1.165, 1.54) is 6.42 Å². The molecule has 8 heteroatoms. The van der Waals surface area contributed by atoms with Crippen molar-refractivity contribution in [3.8, 4) is 22.8 Å². The number of hydrogen-bond acceptors (Lipinski definition) is 5. The number of carboxylic acid groups (broad SMARTS) is 1. The lowest BCUT2D eigenvalue weighted by atomic mass is 9.87. The number of methoxy groups -OCH3 is 1. The van der Waals surface area contributed by atoms with Crippen molar-refractivity contribution in [2.45, 2.75) is 78.0 Å². The van der Waals surface area contributed by atoms with Gasteiger partial charge in [0.15, 0.2) is 5.69 Å².